The molecule has 2 aromatic carbocycles. The minimum atomic E-state index is -0.726. The first-order chi connectivity index (χ1) is 15.6. The number of rotatable bonds is 12. The molecule has 1 saturated carbocycles. The Kier molecular flexibility index (Phi) is 10.2. The third kappa shape index (κ3) is 7.13. The lowest BCUT2D eigenvalue weighted by atomic mass is 9.78. The second-order valence-electron chi connectivity index (χ2n) is 9.61. The molecule has 1 aliphatic rings. The highest BCUT2D eigenvalue weighted by molar-refractivity contribution is 5.65. The van der Waals surface area contributed by atoms with Crippen molar-refractivity contribution in [2.24, 2.45) is 11.8 Å². The number of hydrogen-bond acceptors (Lipinski definition) is 1. The summed E-state index contributed by atoms with van der Waals surface area (Å²) in [6.45, 7) is 3.00. The summed E-state index contributed by atoms with van der Waals surface area (Å²) in [5.41, 5.74) is 2.86. The molecule has 0 atom stereocenters. The highest BCUT2D eigenvalue weighted by Crippen LogP contribution is 2.34. The molecule has 0 radical (unpaired) electrons. The molecule has 1 nitrogen and oxygen atoms in total. The maximum Gasteiger partial charge on any atom is 0.166 e. The summed E-state index contributed by atoms with van der Waals surface area (Å²) in [5.74, 6) is 0.372. The second kappa shape index (κ2) is 13.1. The lowest BCUT2D eigenvalue weighted by Crippen LogP contribution is -2.15. The molecule has 0 heterocycles. The maximum absolute atomic E-state index is 14.8. The summed E-state index contributed by atoms with van der Waals surface area (Å²) in [5, 5.41) is 0. The lowest BCUT2D eigenvalue weighted by molar-refractivity contribution is 0.192. The van der Waals surface area contributed by atoms with Gasteiger partial charge >= 0.3 is 0 Å². The molecule has 3 heteroatoms. The topological polar surface area (TPSA) is 9.23 Å². The van der Waals surface area contributed by atoms with Gasteiger partial charge in [-0.15, -0.1) is 0 Å². The number of hydrogen-bond donors (Lipinski definition) is 0. The molecule has 2 aromatic rings. The van der Waals surface area contributed by atoms with Crippen molar-refractivity contribution < 1.29 is 13.5 Å². The molecular formula is C29H40F2O. The molecule has 0 unspecified atom stereocenters. The van der Waals surface area contributed by atoms with E-state index in [0.29, 0.717) is 24.2 Å². The highest BCUT2D eigenvalue weighted by atomic mass is 19.2. The van der Waals surface area contributed by atoms with Crippen LogP contribution in [0, 0.1) is 23.5 Å². The van der Waals surface area contributed by atoms with Gasteiger partial charge in [-0.1, -0.05) is 88.3 Å². The van der Waals surface area contributed by atoms with Crippen LogP contribution in [0.4, 0.5) is 8.78 Å². The van der Waals surface area contributed by atoms with Crippen LogP contribution in [0.2, 0.25) is 0 Å². The molecule has 32 heavy (non-hydrogen) atoms. The molecule has 0 aliphatic heterocycles. The van der Waals surface area contributed by atoms with Crippen molar-refractivity contribution in [3.8, 4) is 11.1 Å². The summed E-state index contributed by atoms with van der Waals surface area (Å²) in [6.07, 6.45) is 13.8. The number of halogens is 2. The first-order valence-electron chi connectivity index (χ1n) is 12.7. The van der Waals surface area contributed by atoms with Crippen LogP contribution in [0.15, 0.2) is 36.4 Å². The van der Waals surface area contributed by atoms with Gasteiger partial charge in [0.2, 0.25) is 0 Å². The fraction of sp³-hybridized carbons (Fsp3) is 0.586. The average molecular weight is 443 g/mol. The zero-order chi connectivity index (χ0) is 22.8. The molecule has 1 fully saturated rings. The fourth-order valence-corrected chi connectivity index (χ4v) is 5.18. The van der Waals surface area contributed by atoms with Crippen molar-refractivity contribution >= 4 is 0 Å². The van der Waals surface area contributed by atoms with Crippen LogP contribution in [0.5, 0.6) is 0 Å². The molecule has 0 N–H and O–H groups in total. The van der Waals surface area contributed by atoms with Crippen LogP contribution in [0.3, 0.4) is 0 Å². The minimum Gasteiger partial charge on any atom is -0.385 e. The van der Waals surface area contributed by atoms with Crippen LogP contribution < -0.4 is 0 Å². The Labute approximate surface area is 193 Å². The maximum atomic E-state index is 14.8. The van der Waals surface area contributed by atoms with Crippen LogP contribution >= 0.6 is 0 Å². The Morgan fingerprint density at radius 1 is 0.781 bits per heavy atom. The van der Waals surface area contributed by atoms with Crippen LogP contribution in [0.25, 0.3) is 11.1 Å². The van der Waals surface area contributed by atoms with E-state index in [0.717, 1.165) is 43.1 Å². The third-order valence-electron chi connectivity index (χ3n) is 7.23. The first-order valence-corrected chi connectivity index (χ1v) is 12.7. The van der Waals surface area contributed by atoms with E-state index in [1.54, 1.807) is 19.2 Å². The van der Waals surface area contributed by atoms with E-state index in [2.05, 4.69) is 19.1 Å². The summed E-state index contributed by atoms with van der Waals surface area (Å²) < 4.78 is 34.4. The van der Waals surface area contributed by atoms with Crippen LogP contribution in [-0.4, -0.2) is 13.7 Å². The smallest absolute Gasteiger partial charge is 0.166 e. The zero-order valence-electron chi connectivity index (χ0n) is 20.0. The van der Waals surface area contributed by atoms with E-state index in [-0.39, 0.29) is 0 Å². The minimum absolute atomic E-state index is 0.353. The van der Waals surface area contributed by atoms with Crippen molar-refractivity contribution in [2.45, 2.75) is 84.0 Å². The Bertz CT molecular complexity index is 807. The van der Waals surface area contributed by atoms with E-state index in [1.165, 1.54) is 50.5 Å². The largest absolute Gasteiger partial charge is 0.385 e. The number of methoxy groups -OCH3 is 1. The summed E-state index contributed by atoms with van der Waals surface area (Å²) in [4.78, 5) is 0. The predicted octanol–water partition coefficient (Wildman–Crippen LogP) is 8.53. The van der Waals surface area contributed by atoms with Crippen molar-refractivity contribution in [1.82, 2.24) is 0 Å². The summed E-state index contributed by atoms with van der Waals surface area (Å²) in [7, 11) is 1.68. The van der Waals surface area contributed by atoms with Crippen LogP contribution in [0.1, 0.15) is 82.3 Å². The van der Waals surface area contributed by atoms with Gasteiger partial charge in [0.1, 0.15) is 0 Å². The van der Waals surface area contributed by atoms with Gasteiger partial charge in [0.05, 0.1) is 0 Å². The van der Waals surface area contributed by atoms with Gasteiger partial charge in [0.25, 0.3) is 0 Å². The second-order valence-corrected chi connectivity index (χ2v) is 9.61. The van der Waals surface area contributed by atoms with Gasteiger partial charge in [-0.2, -0.15) is 0 Å². The molecule has 176 valence electrons. The van der Waals surface area contributed by atoms with Gasteiger partial charge in [0, 0.05) is 19.3 Å². The van der Waals surface area contributed by atoms with Gasteiger partial charge in [-0.25, -0.2) is 8.78 Å². The number of benzene rings is 2. The van der Waals surface area contributed by atoms with E-state index in [9.17, 15) is 8.78 Å². The van der Waals surface area contributed by atoms with E-state index >= 15 is 0 Å². The molecular weight excluding hydrogens is 402 g/mol. The first kappa shape index (κ1) is 24.9. The monoisotopic (exact) mass is 442 g/mol. The van der Waals surface area contributed by atoms with E-state index < -0.39 is 11.6 Å². The number of ether oxygens (including phenoxy) is 1. The van der Waals surface area contributed by atoms with Crippen molar-refractivity contribution in [3.05, 3.63) is 59.2 Å². The third-order valence-corrected chi connectivity index (χ3v) is 7.23. The lowest BCUT2D eigenvalue weighted by Gasteiger charge is -2.28. The molecule has 1 aliphatic carbocycles. The number of unbranched alkanes of at least 4 members (excludes halogenated alkanes) is 2. The molecule has 3 rings (SSSR count). The summed E-state index contributed by atoms with van der Waals surface area (Å²) >= 11 is 0. The Balaban J connectivity index is 1.52. The molecule has 0 spiro atoms. The van der Waals surface area contributed by atoms with Crippen molar-refractivity contribution in [3.63, 3.8) is 0 Å². The quantitative estimate of drug-likeness (QED) is 0.299. The van der Waals surface area contributed by atoms with Gasteiger partial charge in [-0.3, -0.25) is 0 Å². The molecule has 0 bridgehead atoms. The Morgan fingerprint density at radius 2 is 1.47 bits per heavy atom. The average Bonchev–Trinajstić information content (AvgIpc) is 2.82. The Morgan fingerprint density at radius 3 is 2.12 bits per heavy atom. The molecule has 0 aromatic heterocycles. The van der Waals surface area contributed by atoms with E-state index in [4.69, 9.17) is 4.74 Å². The molecule has 0 saturated heterocycles. The normalized spacial score (nSPS) is 18.8. The predicted molar refractivity (Wildman–Crippen MR) is 130 cm³/mol. The standard InChI is InChI=1S/C29H40F2O/c1-3-7-22-9-11-23(12-10-22)13-14-24-15-17-25(18-16-24)27-20-19-26(28(30)29(27)31)8-5-4-6-21-32-2/h15-20,22-23H,3-14,21H2,1-2H3. The van der Waals surface area contributed by atoms with Crippen molar-refractivity contribution in [2.75, 3.05) is 13.7 Å². The van der Waals surface area contributed by atoms with Gasteiger partial charge in [0.15, 0.2) is 11.6 Å². The van der Waals surface area contributed by atoms with Crippen molar-refractivity contribution in [1.29, 1.82) is 0 Å². The van der Waals surface area contributed by atoms with E-state index in [1.807, 2.05) is 12.1 Å². The molecule has 0 amide bonds. The highest BCUT2D eigenvalue weighted by Gasteiger charge is 2.20. The van der Waals surface area contributed by atoms with Gasteiger partial charge < -0.3 is 4.74 Å². The summed E-state index contributed by atoms with van der Waals surface area (Å²) in [6, 6.07) is 11.5. The Hall–Kier alpha value is -1.74. The van der Waals surface area contributed by atoms with Gasteiger partial charge in [-0.05, 0) is 60.6 Å². The zero-order valence-corrected chi connectivity index (χ0v) is 20.0. The fourth-order valence-electron chi connectivity index (χ4n) is 5.18. The van der Waals surface area contributed by atoms with Crippen LogP contribution in [-0.2, 0) is 17.6 Å². The number of aryl methyl sites for hydroxylation is 2. The SMILES string of the molecule is CCCC1CCC(CCc2ccc(-c3ccc(CCCCCOC)c(F)c3F)cc2)CC1.